The zero-order valence-electron chi connectivity index (χ0n) is 10.00. The third-order valence-electron chi connectivity index (χ3n) is 2.61. The molecular weight excluding hydrogens is 372 g/mol. The van der Waals surface area contributed by atoms with Crippen molar-refractivity contribution in [2.45, 2.75) is 10.6 Å². The molecule has 0 heterocycles. The largest absolute Gasteiger partial charge is 0.399 e. The van der Waals surface area contributed by atoms with Crippen molar-refractivity contribution in [2.24, 2.45) is 0 Å². The van der Waals surface area contributed by atoms with Crippen LogP contribution in [0.5, 0.6) is 0 Å². The topological polar surface area (TPSA) is 43.1 Å². The Kier molecular flexibility index (Phi) is 4.78. The van der Waals surface area contributed by atoms with Crippen LogP contribution in [0.15, 0.2) is 39.7 Å². The molecule has 0 aliphatic carbocycles. The predicted molar refractivity (Wildman–Crippen MR) is 80.0 cm³/mol. The maximum Gasteiger partial charge on any atom is 0.144 e. The minimum Gasteiger partial charge on any atom is -0.399 e. The first-order valence-electron chi connectivity index (χ1n) is 5.46. The molecule has 2 aromatic carbocycles. The van der Waals surface area contributed by atoms with Crippen LogP contribution in [0.2, 0.25) is 5.02 Å². The highest BCUT2D eigenvalue weighted by molar-refractivity contribution is 9.10. The first-order chi connectivity index (χ1) is 9.40. The summed E-state index contributed by atoms with van der Waals surface area (Å²) < 4.78 is 39.8. The van der Waals surface area contributed by atoms with Crippen LogP contribution in [-0.2, 0) is 16.6 Å². The summed E-state index contributed by atoms with van der Waals surface area (Å²) in [4.78, 5) is 0.255. The van der Waals surface area contributed by atoms with Gasteiger partial charge in [-0.2, -0.15) is 0 Å². The monoisotopic (exact) mass is 379 g/mol. The quantitative estimate of drug-likeness (QED) is 0.638. The third kappa shape index (κ3) is 3.19. The molecule has 20 heavy (non-hydrogen) atoms. The summed E-state index contributed by atoms with van der Waals surface area (Å²) in [6, 6.07) is 6.86. The fourth-order valence-corrected chi connectivity index (χ4v) is 3.59. The average molecular weight is 381 g/mol. The Morgan fingerprint density at radius 1 is 1.25 bits per heavy atom. The molecule has 2 nitrogen and oxygen atoms in total. The van der Waals surface area contributed by atoms with E-state index >= 15 is 0 Å². The lowest BCUT2D eigenvalue weighted by atomic mass is 10.2. The number of hydrogen-bond acceptors (Lipinski definition) is 2. The molecule has 106 valence electrons. The Morgan fingerprint density at radius 2 is 1.95 bits per heavy atom. The van der Waals surface area contributed by atoms with Crippen molar-refractivity contribution < 1.29 is 13.0 Å². The first-order valence-corrected chi connectivity index (χ1v) is 7.95. The minimum absolute atomic E-state index is 0.115. The first kappa shape index (κ1) is 15.4. The summed E-state index contributed by atoms with van der Waals surface area (Å²) in [7, 11) is -1.70. The summed E-state index contributed by atoms with van der Waals surface area (Å²) in [5.41, 5.74) is 5.72. The van der Waals surface area contributed by atoms with E-state index in [9.17, 15) is 13.0 Å². The summed E-state index contributed by atoms with van der Waals surface area (Å²) in [6.45, 7) is 0. The molecule has 2 aromatic rings. The van der Waals surface area contributed by atoms with Gasteiger partial charge in [-0.3, -0.25) is 4.21 Å². The van der Waals surface area contributed by atoms with E-state index in [1.807, 2.05) is 0 Å². The second kappa shape index (κ2) is 6.20. The molecule has 0 saturated carbocycles. The Bertz CT molecular complexity index is 696. The lowest BCUT2D eigenvalue weighted by molar-refractivity contribution is 0.560. The fraction of sp³-hybridized carbons (Fsp3) is 0.0769. The zero-order chi connectivity index (χ0) is 14.9. The normalized spacial score (nSPS) is 12.4. The van der Waals surface area contributed by atoms with Gasteiger partial charge in [-0.15, -0.1) is 0 Å². The van der Waals surface area contributed by atoms with Crippen LogP contribution in [0.4, 0.5) is 14.5 Å². The van der Waals surface area contributed by atoms with Gasteiger partial charge in [0.2, 0.25) is 0 Å². The average Bonchev–Trinajstić information content (AvgIpc) is 2.41. The summed E-state index contributed by atoms with van der Waals surface area (Å²) in [6.07, 6.45) is 0. The molecule has 0 aromatic heterocycles. The molecule has 1 atom stereocenters. The maximum atomic E-state index is 13.8. The fourth-order valence-electron chi connectivity index (χ4n) is 1.60. The van der Waals surface area contributed by atoms with Gasteiger partial charge in [0.1, 0.15) is 11.6 Å². The number of hydrogen-bond donors (Lipinski definition) is 1. The maximum absolute atomic E-state index is 13.8. The molecule has 0 spiro atoms. The Hall–Kier alpha value is -0.980. The van der Waals surface area contributed by atoms with Gasteiger partial charge in [0, 0.05) is 11.3 Å². The van der Waals surface area contributed by atoms with E-state index in [-0.39, 0.29) is 25.7 Å². The lowest BCUT2D eigenvalue weighted by Crippen LogP contribution is -2.04. The molecule has 1 unspecified atom stereocenters. The SMILES string of the molecule is Nc1ccc(Cl)c(S(=O)Cc2c(F)ccc(Br)c2F)c1. The van der Waals surface area contributed by atoms with Gasteiger partial charge in [-0.25, -0.2) is 8.78 Å². The van der Waals surface area contributed by atoms with Gasteiger partial charge in [0.05, 0.1) is 30.9 Å². The van der Waals surface area contributed by atoms with Crippen molar-refractivity contribution in [3.05, 3.63) is 57.0 Å². The van der Waals surface area contributed by atoms with Crippen molar-refractivity contribution >= 4 is 44.0 Å². The van der Waals surface area contributed by atoms with Crippen molar-refractivity contribution in [1.82, 2.24) is 0 Å². The summed E-state index contributed by atoms with van der Waals surface area (Å²) in [5.74, 6) is -1.84. The van der Waals surface area contributed by atoms with E-state index in [0.717, 1.165) is 6.07 Å². The van der Waals surface area contributed by atoms with Gasteiger partial charge >= 0.3 is 0 Å². The minimum atomic E-state index is -1.70. The van der Waals surface area contributed by atoms with Crippen LogP contribution in [0.3, 0.4) is 0 Å². The van der Waals surface area contributed by atoms with E-state index < -0.39 is 22.4 Å². The zero-order valence-corrected chi connectivity index (χ0v) is 13.2. The molecule has 2 rings (SSSR count). The van der Waals surface area contributed by atoms with Gasteiger partial charge in [-0.1, -0.05) is 11.6 Å². The lowest BCUT2D eigenvalue weighted by Gasteiger charge is -2.08. The second-order valence-electron chi connectivity index (χ2n) is 4.00. The highest BCUT2D eigenvalue weighted by Gasteiger charge is 2.17. The number of anilines is 1. The van der Waals surface area contributed by atoms with E-state index in [4.69, 9.17) is 17.3 Å². The van der Waals surface area contributed by atoms with Crippen LogP contribution in [0.25, 0.3) is 0 Å². The highest BCUT2D eigenvalue weighted by atomic mass is 79.9. The Balaban J connectivity index is 2.38. The van der Waals surface area contributed by atoms with Gasteiger partial charge < -0.3 is 5.73 Å². The third-order valence-corrected chi connectivity index (χ3v) is 5.05. The summed E-state index contributed by atoms with van der Waals surface area (Å²) >= 11 is 8.89. The molecule has 0 radical (unpaired) electrons. The van der Waals surface area contributed by atoms with E-state index in [0.29, 0.717) is 5.69 Å². The smallest absolute Gasteiger partial charge is 0.144 e. The van der Waals surface area contributed by atoms with Crippen LogP contribution in [0.1, 0.15) is 5.56 Å². The Morgan fingerprint density at radius 3 is 2.65 bits per heavy atom. The van der Waals surface area contributed by atoms with Gasteiger partial charge in [-0.05, 0) is 46.3 Å². The predicted octanol–water partition coefficient (Wildman–Crippen LogP) is 4.27. The van der Waals surface area contributed by atoms with Gasteiger partial charge in [0.15, 0.2) is 0 Å². The number of nitrogens with two attached hydrogens (primary N) is 1. The highest BCUT2D eigenvalue weighted by Crippen LogP contribution is 2.27. The van der Waals surface area contributed by atoms with Crippen molar-refractivity contribution in [3.8, 4) is 0 Å². The van der Waals surface area contributed by atoms with Crippen LogP contribution < -0.4 is 5.73 Å². The van der Waals surface area contributed by atoms with Crippen LogP contribution in [0, 0.1) is 11.6 Å². The Labute approximate surface area is 130 Å². The van der Waals surface area contributed by atoms with Gasteiger partial charge in [0.25, 0.3) is 0 Å². The number of benzene rings is 2. The number of nitrogen functional groups attached to an aromatic ring is 1. The standard InChI is InChI=1S/C13H9BrClF2NOS/c14-9-2-4-11(16)8(13(9)17)6-20(19)12-5-7(18)1-3-10(12)15/h1-5H,6,18H2. The van der Waals surface area contributed by atoms with Crippen LogP contribution >= 0.6 is 27.5 Å². The molecule has 0 bridgehead atoms. The number of rotatable bonds is 3. The molecule has 7 heteroatoms. The second-order valence-corrected chi connectivity index (χ2v) is 6.68. The molecule has 0 fully saturated rings. The summed E-state index contributed by atoms with van der Waals surface area (Å²) in [5, 5.41) is 0.244. The molecule has 0 saturated heterocycles. The van der Waals surface area contributed by atoms with E-state index in [1.54, 1.807) is 6.07 Å². The van der Waals surface area contributed by atoms with E-state index in [2.05, 4.69) is 15.9 Å². The van der Waals surface area contributed by atoms with E-state index in [1.165, 1.54) is 18.2 Å². The molecule has 2 N–H and O–H groups in total. The van der Waals surface area contributed by atoms with Crippen molar-refractivity contribution in [2.75, 3.05) is 5.73 Å². The molecule has 0 aliphatic rings. The molecule has 0 aliphatic heterocycles. The van der Waals surface area contributed by atoms with Crippen LogP contribution in [-0.4, -0.2) is 4.21 Å². The van der Waals surface area contributed by atoms with Crippen molar-refractivity contribution in [3.63, 3.8) is 0 Å². The molecule has 0 amide bonds. The number of halogens is 4. The van der Waals surface area contributed by atoms with Crippen molar-refractivity contribution in [1.29, 1.82) is 0 Å². The molecular formula is C13H9BrClF2NOS.